The van der Waals surface area contributed by atoms with Gasteiger partial charge in [0.2, 0.25) is 0 Å². The van der Waals surface area contributed by atoms with Crippen molar-refractivity contribution >= 4 is 40.2 Å². The summed E-state index contributed by atoms with van der Waals surface area (Å²) in [5.74, 6) is 1.87. The minimum atomic E-state index is -0.0297. The van der Waals surface area contributed by atoms with E-state index in [1.807, 2.05) is 36.7 Å². The van der Waals surface area contributed by atoms with E-state index in [0.717, 1.165) is 36.6 Å². The minimum absolute atomic E-state index is 0.0297. The first-order valence-electron chi connectivity index (χ1n) is 10.7. The number of aromatic nitrogens is 5. The highest BCUT2D eigenvalue weighted by molar-refractivity contribution is 6.43. The fraction of sp³-hybridized carbons (Fsp3) is 0.304. The van der Waals surface area contributed by atoms with Crippen LogP contribution in [0.3, 0.4) is 0 Å². The Labute approximate surface area is 195 Å². The molecule has 4 heterocycles. The first kappa shape index (κ1) is 19.9. The summed E-state index contributed by atoms with van der Waals surface area (Å²) >= 11 is 12.6. The SMILES string of the molecule is NCC1(c2ccccn2)C2CCN(c3cnc4c(-c5cccc(Cl)c5Cl)n[nH]c4n3)CC21. The van der Waals surface area contributed by atoms with Crippen molar-refractivity contribution in [3.63, 3.8) is 0 Å². The predicted molar refractivity (Wildman–Crippen MR) is 126 cm³/mol. The molecule has 2 fully saturated rings. The molecule has 162 valence electrons. The molecule has 32 heavy (non-hydrogen) atoms. The number of aromatic amines is 1. The van der Waals surface area contributed by atoms with Crippen LogP contribution in [-0.2, 0) is 5.41 Å². The van der Waals surface area contributed by atoms with Crippen LogP contribution in [0.5, 0.6) is 0 Å². The van der Waals surface area contributed by atoms with Gasteiger partial charge in [0.25, 0.3) is 0 Å². The lowest BCUT2D eigenvalue weighted by molar-refractivity contribution is 0.545. The maximum absolute atomic E-state index is 6.39. The quantitative estimate of drug-likeness (QED) is 0.471. The number of piperidine rings is 1. The van der Waals surface area contributed by atoms with Gasteiger partial charge in [-0.15, -0.1) is 0 Å². The summed E-state index contributed by atoms with van der Waals surface area (Å²) in [4.78, 5) is 16.4. The average Bonchev–Trinajstić information content (AvgIpc) is 3.31. The van der Waals surface area contributed by atoms with E-state index in [-0.39, 0.29) is 5.41 Å². The number of pyridine rings is 1. The van der Waals surface area contributed by atoms with E-state index in [2.05, 4.69) is 31.1 Å². The highest BCUT2D eigenvalue weighted by atomic mass is 35.5. The molecular formula is C23H21Cl2N7. The van der Waals surface area contributed by atoms with Gasteiger partial charge in [-0.3, -0.25) is 10.1 Å². The molecular weight excluding hydrogens is 445 g/mol. The number of H-pyrrole nitrogens is 1. The molecule has 3 aromatic heterocycles. The van der Waals surface area contributed by atoms with Gasteiger partial charge in [-0.05, 0) is 36.5 Å². The van der Waals surface area contributed by atoms with Crippen LogP contribution in [0, 0.1) is 11.8 Å². The Kier molecular flexibility index (Phi) is 4.61. The van der Waals surface area contributed by atoms with E-state index in [9.17, 15) is 0 Å². The number of anilines is 1. The van der Waals surface area contributed by atoms with Crippen LogP contribution < -0.4 is 10.6 Å². The Balaban J connectivity index is 1.30. The van der Waals surface area contributed by atoms with Crippen molar-refractivity contribution in [2.45, 2.75) is 11.8 Å². The van der Waals surface area contributed by atoms with Gasteiger partial charge >= 0.3 is 0 Å². The van der Waals surface area contributed by atoms with E-state index >= 15 is 0 Å². The summed E-state index contributed by atoms with van der Waals surface area (Å²) in [6.45, 7) is 2.42. The van der Waals surface area contributed by atoms with Crippen LogP contribution in [0.2, 0.25) is 10.0 Å². The number of nitrogens with zero attached hydrogens (tertiary/aromatic N) is 5. The van der Waals surface area contributed by atoms with Crippen molar-refractivity contribution in [2.75, 3.05) is 24.5 Å². The molecule has 2 aliphatic rings. The molecule has 4 aromatic rings. The number of halogens is 2. The number of nitrogens with two attached hydrogens (primary N) is 1. The first-order chi connectivity index (χ1) is 15.6. The molecule has 1 saturated heterocycles. The number of hydrogen-bond acceptors (Lipinski definition) is 6. The number of nitrogens with one attached hydrogen (secondary N) is 1. The molecule has 1 aliphatic heterocycles. The van der Waals surface area contributed by atoms with Gasteiger partial charge in [0.1, 0.15) is 17.0 Å². The number of benzene rings is 1. The molecule has 0 spiro atoms. The molecule has 6 rings (SSSR count). The fourth-order valence-corrected chi connectivity index (χ4v) is 5.82. The Morgan fingerprint density at radius 2 is 2.03 bits per heavy atom. The molecule has 0 amide bonds. The summed E-state index contributed by atoms with van der Waals surface area (Å²) in [7, 11) is 0. The topological polar surface area (TPSA) is 96.6 Å². The van der Waals surface area contributed by atoms with Crippen LogP contribution in [-0.4, -0.2) is 44.8 Å². The van der Waals surface area contributed by atoms with Gasteiger partial charge in [0.05, 0.1) is 16.2 Å². The zero-order valence-corrected chi connectivity index (χ0v) is 18.7. The summed E-state index contributed by atoms with van der Waals surface area (Å²) in [6, 6.07) is 11.6. The summed E-state index contributed by atoms with van der Waals surface area (Å²) < 4.78 is 0. The van der Waals surface area contributed by atoms with Crippen molar-refractivity contribution in [1.82, 2.24) is 25.1 Å². The van der Waals surface area contributed by atoms with Crippen LogP contribution in [0.15, 0.2) is 48.8 Å². The molecule has 0 radical (unpaired) electrons. The van der Waals surface area contributed by atoms with Gasteiger partial charge in [-0.25, -0.2) is 9.97 Å². The van der Waals surface area contributed by atoms with Gasteiger partial charge < -0.3 is 10.6 Å². The molecule has 1 aromatic carbocycles. The Morgan fingerprint density at radius 1 is 1.12 bits per heavy atom. The Morgan fingerprint density at radius 3 is 2.84 bits per heavy atom. The largest absolute Gasteiger partial charge is 0.355 e. The van der Waals surface area contributed by atoms with E-state index in [1.165, 1.54) is 0 Å². The van der Waals surface area contributed by atoms with Crippen LogP contribution in [0.4, 0.5) is 5.82 Å². The third-order valence-electron chi connectivity index (χ3n) is 7.09. The normalized spacial score (nSPS) is 24.5. The number of fused-ring (bicyclic) bond motifs is 2. The van der Waals surface area contributed by atoms with Crippen molar-refractivity contribution in [3.05, 3.63) is 64.5 Å². The second-order valence-electron chi connectivity index (χ2n) is 8.51. The highest BCUT2D eigenvalue weighted by Crippen LogP contribution is 2.62. The molecule has 7 nitrogen and oxygen atoms in total. The monoisotopic (exact) mass is 465 g/mol. The maximum Gasteiger partial charge on any atom is 0.177 e. The zero-order chi connectivity index (χ0) is 21.9. The number of hydrogen-bond donors (Lipinski definition) is 2. The van der Waals surface area contributed by atoms with Crippen molar-refractivity contribution in [2.24, 2.45) is 17.6 Å². The summed E-state index contributed by atoms with van der Waals surface area (Å²) in [5.41, 5.74) is 10.0. The predicted octanol–water partition coefficient (Wildman–Crippen LogP) is 4.07. The molecule has 3 unspecified atom stereocenters. The third-order valence-corrected chi connectivity index (χ3v) is 7.91. The van der Waals surface area contributed by atoms with Crippen molar-refractivity contribution in [3.8, 4) is 11.3 Å². The van der Waals surface area contributed by atoms with Gasteiger partial charge in [-0.1, -0.05) is 41.4 Å². The van der Waals surface area contributed by atoms with Crippen LogP contribution >= 0.6 is 23.2 Å². The first-order valence-corrected chi connectivity index (χ1v) is 11.4. The highest BCUT2D eigenvalue weighted by Gasteiger charge is 2.66. The Bertz CT molecular complexity index is 1310. The summed E-state index contributed by atoms with van der Waals surface area (Å²) in [6.07, 6.45) is 4.73. The maximum atomic E-state index is 6.39. The van der Waals surface area contributed by atoms with E-state index in [4.69, 9.17) is 33.9 Å². The van der Waals surface area contributed by atoms with Crippen LogP contribution in [0.1, 0.15) is 12.1 Å². The van der Waals surface area contributed by atoms with Crippen LogP contribution in [0.25, 0.3) is 22.4 Å². The molecule has 0 bridgehead atoms. The lowest BCUT2D eigenvalue weighted by Crippen LogP contribution is -2.32. The smallest absolute Gasteiger partial charge is 0.177 e. The fourth-order valence-electron chi connectivity index (χ4n) is 5.43. The summed E-state index contributed by atoms with van der Waals surface area (Å²) in [5, 5.41) is 8.36. The third kappa shape index (κ3) is 2.85. The molecule has 1 aliphatic carbocycles. The van der Waals surface area contributed by atoms with Gasteiger partial charge in [0, 0.05) is 42.5 Å². The Hall–Kier alpha value is -2.74. The molecule has 1 saturated carbocycles. The molecule has 3 N–H and O–H groups in total. The lowest BCUT2D eigenvalue weighted by atomic mass is 9.96. The zero-order valence-electron chi connectivity index (χ0n) is 17.2. The molecule has 3 atom stereocenters. The van der Waals surface area contributed by atoms with E-state index < -0.39 is 0 Å². The lowest BCUT2D eigenvalue weighted by Gasteiger charge is -2.26. The van der Waals surface area contributed by atoms with Gasteiger partial charge in [0.15, 0.2) is 5.65 Å². The standard InChI is InChI=1S/C23H21Cl2N7/c24-16-5-3-4-13(19(16)25)20-21-22(31-30-20)29-18(10-28-21)32-9-7-14-15(11-32)23(14,12-26)17-6-1-2-8-27-17/h1-6,8,10,14-15H,7,9,11-12,26H2,(H,29,30,31). The van der Waals surface area contributed by atoms with Crippen molar-refractivity contribution in [1.29, 1.82) is 0 Å². The molecule has 9 heteroatoms. The van der Waals surface area contributed by atoms with E-state index in [0.29, 0.717) is 45.3 Å². The van der Waals surface area contributed by atoms with Crippen molar-refractivity contribution < 1.29 is 0 Å². The number of rotatable bonds is 4. The van der Waals surface area contributed by atoms with Gasteiger partial charge in [-0.2, -0.15) is 5.10 Å². The van der Waals surface area contributed by atoms with E-state index in [1.54, 1.807) is 6.07 Å². The minimum Gasteiger partial charge on any atom is -0.355 e. The second kappa shape index (κ2) is 7.40. The second-order valence-corrected chi connectivity index (χ2v) is 9.29. The average molecular weight is 466 g/mol.